The maximum Gasteiger partial charge on any atom is 0.187 e. The van der Waals surface area contributed by atoms with E-state index in [1.807, 2.05) is 19.3 Å². The van der Waals surface area contributed by atoms with Gasteiger partial charge in [0.15, 0.2) is 5.16 Å². The molecule has 2 rings (SSSR count). The van der Waals surface area contributed by atoms with Gasteiger partial charge in [-0.15, -0.1) is 0 Å². The number of thioether (sulfide) groups is 1. The monoisotopic (exact) mass is 272 g/mol. The third kappa shape index (κ3) is 4.06. The Labute approximate surface area is 119 Å². The van der Waals surface area contributed by atoms with Crippen molar-refractivity contribution in [2.24, 2.45) is 0 Å². The van der Waals surface area contributed by atoms with Crippen LogP contribution in [0.15, 0.2) is 41.8 Å². The lowest BCUT2D eigenvalue weighted by Gasteiger charge is -2.19. The summed E-state index contributed by atoms with van der Waals surface area (Å²) in [6, 6.07) is 8.82. The third-order valence-corrected chi connectivity index (χ3v) is 3.89. The Morgan fingerprint density at radius 2 is 1.58 bits per heavy atom. The Hall–Kier alpha value is -1.35. The normalized spacial score (nSPS) is 11.6. The summed E-state index contributed by atoms with van der Waals surface area (Å²) in [6.45, 7) is 8.70. The molecule has 0 unspecified atom stereocenters. The van der Waals surface area contributed by atoms with E-state index in [1.54, 1.807) is 11.8 Å². The summed E-state index contributed by atoms with van der Waals surface area (Å²) in [4.78, 5) is 8.60. The molecule has 1 aromatic heterocycles. The Kier molecular flexibility index (Phi) is 4.25. The van der Waals surface area contributed by atoms with Crippen molar-refractivity contribution in [1.82, 2.24) is 9.97 Å². The van der Waals surface area contributed by atoms with Crippen molar-refractivity contribution in [2.75, 3.05) is 0 Å². The SMILES string of the molecule is Cc1cnc(SCc2ccc(C(C)(C)C)cc2)nc1. The van der Waals surface area contributed by atoms with Gasteiger partial charge in [-0.25, -0.2) is 9.97 Å². The molecule has 0 N–H and O–H groups in total. The van der Waals surface area contributed by atoms with Crippen LogP contribution in [0.2, 0.25) is 0 Å². The first-order chi connectivity index (χ1) is 8.95. The Morgan fingerprint density at radius 3 is 2.11 bits per heavy atom. The van der Waals surface area contributed by atoms with E-state index in [1.165, 1.54) is 11.1 Å². The van der Waals surface area contributed by atoms with Crippen molar-refractivity contribution in [3.05, 3.63) is 53.3 Å². The van der Waals surface area contributed by atoms with Crippen molar-refractivity contribution in [3.8, 4) is 0 Å². The molecule has 19 heavy (non-hydrogen) atoms. The molecule has 3 heteroatoms. The molecule has 0 spiro atoms. The topological polar surface area (TPSA) is 25.8 Å². The summed E-state index contributed by atoms with van der Waals surface area (Å²) in [5, 5.41) is 0.838. The van der Waals surface area contributed by atoms with Gasteiger partial charge in [0, 0.05) is 18.1 Å². The highest BCUT2D eigenvalue weighted by Crippen LogP contribution is 2.24. The number of benzene rings is 1. The van der Waals surface area contributed by atoms with Crippen LogP contribution in [-0.2, 0) is 11.2 Å². The smallest absolute Gasteiger partial charge is 0.187 e. The molecule has 0 aliphatic rings. The molecule has 0 amide bonds. The van der Waals surface area contributed by atoms with Crippen LogP contribution in [0, 0.1) is 6.92 Å². The van der Waals surface area contributed by atoms with Gasteiger partial charge in [-0.1, -0.05) is 56.8 Å². The van der Waals surface area contributed by atoms with Crippen LogP contribution >= 0.6 is 11.8 Å². The lowest BCUT2D eigenvalue weighted by atomic mass is 9.87. The van der Waals surface area contributed by atoms with E-state index < -0.39 is 0 Å². The van der Waals surface area contributed by atoms with Gasteiger partial charge >= 0.3 is 0 Å². The van der Waals surface area contributed by atoms with Crippen molar-refractivity contribution >= 4 is 11.8 Å². The molecule has 0 saturated carbocycles. The summed E-state index contributed by atoms with van der Waals surface area (Å²) < 4.78 is 0. The third-order valence-electron chi connectivity index (χ3n) is 2.95. The van der Waals surface area contributed by atoms with Gasteiger partial charge in [-0.05, 0) is 29.0 Å². The highest BCUT2D eigenvalue weighted by atomic mass is 32.2. The molecular weight excluding hydrogens is 252 g/mol. The first-order valence-corrected chi connectivity index (χ1v) is 7.44. The van der Waals surface area contributed by atoms with Crippen molar-refractivity contribution in [2.45, 2.75) is 44.0 Å². The minimum absolute atomic E-state index is 0.214. The van der Waals surface area contributed by atoms with Crippen LogP contribution in [-0.4, -0.2) is 9.97 Å². The largest absolute Gasteiger partial charge is 0.231 e. The number of aromatic nitrogens is 2. The molecule has 0 radical (unpaired) electrons. The van der Waals surface area contributed by atoms with Gasteiger partial charge in [0.1, 0.15) is 0 Å². The molecule has 2 aromatic rings. The number of nitrogens with zero attached hydrogens (tertiary/aromatic N) is 2. The van der Waals surface area contributed by atoms with Crippen LogP contribution in [0.25, 0.3) is 0 Å². The first-order valence-electron chi connectivity index (χ1n) is 6.46. The van der Waals surface area contributed by atoms with Crippen molar-refractivity contribution in [3.63, 3.8) is 0 Å². The Balaban J connectivity index is 1.98. The first kappa shape index (κ1) is 14.1. The maximum absolute atomic E-state index is 4.30. The molecule has 0 saturated heterocycles. The van der Waals surface area contributed by atoms with E-state index in [4.69, 9.17) is 0 Å². The summed E-state index contributed by atoms with van der Waals surface area (Å²) >= 11 is 1.67. The molecule has 0 aliphatic carbocycles. The fourth-order valence-electron chi connectivity index (χ4n) is 1.70. The zero-order chi connectivity index (χ0) is 13.9. The fraction of sp³-hybridized carbons (Fsp3) is 0.375. The highest BCUT2D eigenvalue weighted by Gasteiger charge is 2.12. The molecule has 1 heterocycles. The minimum atomic E-state index is 0.214. The molecule has 0 atom stereocenters. The standard InChI is InChI=1S/C16H20N2S/c1-12-9-17-15(18-10-12)19-11-13-5-7-14(8-6-13)16(2,3)4/h5-10H,11H2,1-4H3. The second kappa shape index (κ2) is 5.74. The van der Waals surface area contributed by atoms with E-state index in [9.17, 15) is 0 Å². The molecule has 0 aliphatic heterocycles. The van der Waals surface area contributed by atoms with Gasteiger partial charge in [-0.2, -0.15) is 0 Å². The summed E-state index contributed by atoms with van der Waals surface area (Å²) in [5.74, 6) is 0.910. The molecule has 2 nitrogen and oxygen atoms in total. The summed E-state index contributed by atoms with van der Waals surface area (Å²) in [6.07, 6.45) is 3.72. The molecule has 0 bridgehead atoms. The second-order valence-corrected chi connectivity index (χ2v) is 6.72. The van der Waals surface area contributed by atoms with Crippen LogP contribution in [0.1, 0.15) is 37.5 Å². The Bertz CT molecular complexity index is 524. The number of aryl methyl sites for hydroxylation is 1. The van der Waals surface area contributed by atoms with Crippen LogP contribution < -0.4 is 0 Å². The van der Waals surface area contributed by atoms with Gasteiger partial charge < -0.3 is 0 Å². The molecule has 100 valence electrons. The average Bonchev–Trinajstić information content (AvgIpc) is 2.37. The average molecular weight is 272 g/mol. The van der Waals surface area contributed by atoms with Crippen molar-refractivity contribution < 1.29 is 0 Å². The molecule has 0 fully saturated rings. The zero-order valence-electron chi connectivity index (χ0n) is 12.0. The van der Waals surface area contributed by atoms with Gasteiger partial charge in [0.2, 0.25) is 0 Å². The van der Waals surface area contributed by atoms with E-state index in [0.29, 0.717) is 0 Å². The van der Waals surface area contributed by atoms with Gasteiger partial charge in [0.25, 0.3) is 0 Å². The summed E-state index contributed by atoms with van der Waals surface area (Å²) in [5.41, 5.74) is 3.99. The number of hydrogen-bond donors (Lipinski definition) is 0. The highest BCUT2D eigenvalue weighted by molar-refractivity contribution is 7.98. The molecular formula is C16H20N2S. The van der Waals surface area contributed by atoms with Crippen LogP contribution in [0.5, 0.6) is 0 Å². The van der Waals surface area contributed by atoms with Crippen molar-refractivity contribution in [1.29, 1.82) is 0 Å². The zero-order valence-corrected chi connectivity index (χ0v) is 12.8. The lowest BCUT2D eigenvalue weighted by Crippen LogP contribution is -2.10. The maximum atomic E-state index is 4.30. The van der Waals surface area contributed by atoms with E-state index in [0.717, 1.165) is 16.5 Å². The Morgan fingerprint density at radius 1 is 1.00 bits per heavy atom. The fourth-order valence-corrected chi connectivity index (χ4v) is 2.45. The number of hydrogen-bond acceptors (Lipinski definition) is 3. The van der Waals surface area contributed by atoms with E-state index in [2.05, 4.69) is 55.0 Å². The predicted molar refractivity (Wildman–Crippen MR) is 81.5 cm³/mol. The van der Waals surface area contributed by atoms with Gasteiger partial charge in [0.05, 0.1) is 0 Å². The summed E-state index contributed by atoms with van der Waals surface area (Å²) in [7, 11) is 0. The lowest BCUT2D eigenvalue weighted by molar-refractivity contribution is 0.590. The quantitative estimate of drug-likeness (QED) is 0.612. The number of rotatable bonds is 3. The minimum Gasteiger partial charge on any atom is -0.231 e. The van der Waals surface area contributed by atoms with Crippen LogP contribution in [0.4, 0.5) is 0 Å². The van der Waals surface area contributed by atoms with Gasteiger partial charge in [-0.3, -0.25) is 0 Å². The van der Waals surface area contributed by atoms with E-state index >= 15 is 0 Å². The predicted octanol–water partition coefficient (Wildman–Crippen LogP) is 4.37. The van der Waals surface area contributed by atoms with E-state index in [-0.39, 0.29) is 5.41 Å². The van der Waals surface area contributed by atoms with Crippen LogP contribution in [0.3, 0.4) is 0 Å². The molecule has 1 aromatic carbocycles. The second-order valence-electron chi connectivity index (χ2n) is 5.78.